The van der Waals surface area contributed by atoms with Gasteiger partial charge in [0, 0.05) is 4.47 Å². The molecule has 1 aromatic carbocycles. The van der Waals surface area contributed by atoms with Crippen LogP contribution >= 0.6 is 24.2 Å². The van der Waals surface area contributed by atoms with E-state index in [2.05, 4.69) is 15.9 Å². The highest BCUT2D eigenvalue weighted by Gasteiger charge is 1.74. The van der Waals surface area contributed by atoms with Crippen LogP contribution < -0.4 is 0 Å². The van der Waals surface area contributed by atoms with Crippen molar-refractivity contribution in [2.75, 3.05) is 0 Å². The van der Waals surface area contributed by atoms with Crippen LogP contribution in [-0.2, 0) is 4.57 Å². The topological polar surface area (TPSA) is 57.5 Å². The molecule has 0 unspecified atom stereocenters. The van der Waals surface area contributed by atoms with Gasteiger partial charge in [0.05, 0.1) is 0 Å². The second-order valence-electron chi connectivity index (χ2n) is 1.58. The first-order valence-electron chi connectivity index (χ1n) is 2.75. The van der Waals surface area contributed by atoms with Crippen molar-refractivity contribution in [3.8, 4) is 0 Å². The average Bonchev–Trinajstić information content (AvgIpc) is 1.87. The van der Waals surface area contributed by atoms with Crippen molar-refractivity contribution < 1.29 is 14.4 Å². The minimum atomic E-state index is -3.13. The fourth-order valence-corrected chi connectivity index (χ4v) is 0.720. The maximum absolute atomic E-state index is 8.74. The van der Waals surface area contributed by atoms with Crippen molar-refractivity contribution in [2.24, 2.45) is 0 Å². The molecule has 1 aromatic rings. The standard InChI is InChI=1S/C6H5Br.H3O3P/c7-6-4-2-1-3-5-6;1-4(2)3/h1-5H;4H,(H2,1,2,3). The molecule has 11 heavy (non-hydrogen) atoms. The molecule has 0 aliphatic heterocycles. The van der Waals surface area contributed by atoms with E-state index in [0.29, 0.717) is 0 Å². The zero-order valence-corrected chi connectivity index (χ0v) is 8.15. The van der Waals surface area contributed by atoms with Gasteiger partial charge >= 0.3 is 8.25 Å². The summed E-state index contributed by atoms with van der Waals surface area (Å²) in [6, 6.07) is 9.97. The molecule has 5 heteroatoms. The zero-order chi connectivity index (χ0) is 8.69. The molecule has 0 saturated carbocycles. The van der Waals surface area contributed by atoms with Crippen LogP contribution in [0.25, 0.3) is 0 Å². The first kappa shape index (κ1) is 10.8. The summed E-state index contributed by atoms with van der Waals surface area (Å²) in [6.45, 7) is 0. The molecule has 3 nitrogen and oxygen atoms in total. The van der Waals surface area contributed by atoms with Gasteiger partial charge in [-0.25, -0.2) is 0 Å². The van der Waals surface area contributed by atoms with Gasteiger partial charge in [0.15, 0.2) is 0 Å². The lowest BCUT2D eigenvalue weighted by Crippen LogP contribution is -1.55. The first-order valence-corrected chi connectivity index (χ1v) is 4.85. The van der Waals surface area contributed by atoms with Crippen LogP contribution in [0.5, 0.6) is 0 Å². The van der Waals surface area contributed by atoms with Gasteiger partial charge in [-0.2, -0.15) is 0 Å². The number of halogens is 1. The fourth-order valence-electron chi connectivity index (χ4n) is 0.415. The van der Waals surface area contributed by atoms with Crippen LogP contribution in [0.3, 0.4) is 0 Å². The van der Waals surface area contributed by atoms with Gasteiger partial charge in [0.1, 0.15) is 0 Å². The molecule has 0 bridgehead atoms. The smallest absolute Gasteiger partial charge is 0.314 e. The molecule has 0 fully saturated rings. The van der Waals surface area contributed by atoms with Crippen LogP contribution in [-0.4, -0.2) is 9.79 Å². The van der Waals surface area contributed by atoms with E-state index < -0.39 is 8.25 Å². The molecule has 0 heterocycles. The Morgan fingerprint density at radius 2 is 1.55 bits per heavy atom. The Morgan fingerprint density at radius 1 is 1.18 bits per heavy atom. The minimum Gasteiger partial charge on any atom is -0.326 e. The molecule has 2 N–H and O–H groups in total. The molecule has 0 aromatic heterocycles. The van der Waals surface area contributed by atoms with E-state index in [1.165, 1.54) is 0 Å². The maximum Gasteiger partial charge on any atom is 0.314 e. The van der Waals surface area contributed by atoms with E-state index in [1.54, 1.807) is 0 Å². The Hall–Kier alpha value is -0.150. The molecule has 0 amide bonds. The molecule has 0 aliphatic rings. The Kier molecular flexibility index (Phi) is 6.46. The molecule has 0 radical (unpaired) electrons. The Balaban J connectivity index is 0.000000218. The summed E-state index contributed by atoms with van der Waals surface area (Å²) < 4.78 is 9.88. The van der Waals surface area contributed by atoms with E-state index in [0.717, 1.165) is 4.47 Å². The predicted molar refractivity (Wildman–Crippen MR) is 47.6 cm³/mol. The molecule has 0 atom stereocenters. The molecular formula is C6H8BrO3P. The third-order valence-corrected chi connectivity index (χ3v) is 1.26. The van der Waals surface area contributed by atoms with Crippen molar-refractivity contribution in [1.82, 2.24) is 0 Å². The summed E-state index contributed by atoms with van der Waals surface area (Å²) in [6.07, 6.45) is 0. The second-order valence-corrected chi connectivity index (χ2v) is 3.06. The normalized spacial score (nSPS) is 8.73. The Bertz CT molecular complexity index is 210. The molecule has 0 saturated heterocycles. The van der Waals surface area contributed by atoms with Gasteiger partial charge in [-0.15, -0.1) is 0 Å². The SMILES string of the molecule is Brc1ccccc1.O=[PH](O)O. The van der Waals surface area contributed by atoms with Gasteiger partial charge in [0.25, 0.3) is 0 Å². The third kappa shape index (κ3) is 9.85. The van der Waals surface area contributed by atoms with E-state index in [9.17, 15) is 0 Å². The highest BCUT2D eigenvalue weighted by Crippen LogP contribution is 2.05. The lowest BCUT2D eigenvalue weighted by atomic mass is 10.4. The summed E-state index contributed by atoms with van der Waals surface area (Å²) in [7, 11) is -3.13. The predicted octanol–water partition coefficient (Wildman–Crippen LogP) is 1.81. The van der Waals surface area contributed by atoms with Crippen molar-refractivity contribution >= 4 is 24.2 Å². The van der Waals surface area contributed by atoms with Crippen molar-refractivity contribution in [3.63, 3.8) is 0 Å². The first-order chi connectivity index (χ1) is 5.13. The molecule has 0 spiro atoms. The Labute approximate surface area is 73.8 Å². The maximum atomic E-state index is 8.74. The van der Waals surface area contributed by atoms with Gasteiger partial charge in [-0.3, -0.25) is 4.57 Å². The summed E-state index contributed by atoms with van der Waals surface area (Å²) in [5, 5.41) is 0. The lowest BCUT2D eigenvalue weighted by molar-refractivity contribution is 0.405. The highest BCUT2D eigenvalue weighted by molar-refractivity contribution is 9.10. The second kappa shape index (κ2) is 6.55. The monoisotopic (exact) mass is 238 g/mol. The Morgan fingerprint density at radius 3 is 1.73 bits per heavy atom. The number of hydrogen-bond acceptors (Lipinski definition) is 1. The quantitative estimate of drug-likeness (QED) is 0.678. The summed E-state index contributed by atoms with van der Waals surface area (Å²) in [5.41, 5.74) is 0. The van der Waals surface area contributed by atoms with Gasteiger partial charge in [0.2, 0.25) is 0 Å². The molecule has 0 aliphatic carbocycles. The average molecular weight is 239 g/mol. The fraction of sp³-hybridized carbons (Fsp3) is 0. The lowest BCUT2D eigenvalue weighted by Gasteiger charge is -1.80. The van der Waals surface area contributed by atoms with Crippen LogP contribution in [0.2, 0.25) is 0 Å². The van der Waals surface area contributed by atoms with Crippen molar-refractivity contribution in [2.45, 2.75) is 0 Å². The van der Waals surface area contributed by atoms with Gasteiger partial charge in [-0.1, -0.05) is 34.1 Å². The number of rotatable bonds is 0. The van der Waals surface area contributed by atoms with Gasteiger partial charge < -0.3 is 9.79 Å². The van der Waals surface area contributed by atoms with Crippen LogP contribution in [0, 0.1) is 0 Å². The largest absolute Gasteiger partial charge is 0.326 e. The summed E-state index contributed by atoms with van der Waals surface area (Å²) in [5.74, 6) is 0. The molecule has 1 rings (SSSR count). The number of hydrogen-bond donors (Lipinski definition) is 2. The minimum absolute atomic E-state index is 1.13. The van der Waals surface area contributed by atoms with E-state index in [1.807, 2.05) is 30.3 Å². The molecular weight excluding hydrogens is 231 g/mol. The van der Waals surface area contributed by atoms with Crippen molar-refractivity contribution in [1.29, 1.82) is 0 Å². The van der Waals surface area contributed by atoms with Gasteiger partial charge in [-0.05, 0) is 12.1 Å². The van der Waals surface area contributed by atoms with Crippen LogP contribution in [0.1, 0.15) is 0 Å². The van der Waals surface area contributed by atoms with E-state index in [4.69, 9.17) is 14.4 Å². The third-order valence-electron chi connectivity index (χ3n) is 0.733. The molecule has 62 valence electrons. The van der Waals surface area contributed by atoms with Crippen molar-refractivity contribution in [3.05, 3.63) is 34.8 Å². The summed E-state index contributed by atoms with van der Waals surface area (Å²) >= 11 is 3.31. The van der Waals surface area contributed by atoms with Crippen LogP contribution in [0.15, 0.2) is 34.8 Å². The highest BCUT2D eigenvalue weighted by atomic mass is 79.9. The number of benzene rings is 1. The van der Waals surface area contributed by atoms with E-state index in [-0.39, 0.29) is 0 Å². The van der Waals surface area contributed by atoms with Crippen LogP contribution in [0.4, 0.5) is 0 Å². The zero-order valence-electron chi connectivity index (χ0n) is 5.57. The van der Waals surface area contributed by atoms with E-state index >= 15 is 0 Å². The summed E-state index contributed by atoms with van der Waals surface area (Å²) in [4.78, 5) is 14.3.